The van der Waals surface area contributed by atoms with Crippen LogP contribution in [-0.2, 0) is 26.2 Å². The first-order valence-corrected chi connectivity index (χ1v) is 13.1. The van der Waals surface area contributed by atoms with E-state index in [4.69, 9.17) is 11.6 Å². The van der Waals surface area contributed by atoms with Crippen molar-refractivity contribution in [2.75, 3.05) is 23.7 Å². The summed E-state index contributed by atoms with van der Waals surface area (Å²) < 4.78 is 26.2. The van der Waals surface area contributed by atoms with Gasteiger partial charge in [0.15, 0.2) is 0 Å². The highest BCUT2D eigenvalue weighted by Gasteiger charge is 2.30. The monoisotopic (exact) mass is 493 g/mol. The number of carbonyl (C=O) groups excluding carboxylic acids is 2. The SMILES string of the molecule is CCNC(=O)[C@@H](C)N(Cc1ccccc1Cl)C(=O)CN(c1ccc(C(C)C)cc1)S(C)(=O)=O. The molecule has 2 aromatic rings. The minimum absolute atomic E-state index is 0.0701. The molecule has 2 aromatic carbocycles. The molecule has 0 heterocycles. The molecule has 0 unspecified atom stereocenters. The van der Waals surface area contributed by atoms with Crippen LogP contribution >= 0.6 is 11.6 Å². The number of halogens is 1. The van der Waals surface area contributed by atoms with E-state index in [0.29, 0.717) is 22.8 Å². The lowest BCUT2D eigenvalue weighted by molar-refractivity contribution is -0.139. The van der Waals surface area contributed by atoms with E-state index in [1.165, 1.54) is 4.90 Å². The second-order valence-electron chi connectivity index (χ2n) is 8.20. The van der Waals surface area contributed by atoms with Gasteiger partial charge in [-0.1, -0.05) is 55.8 Å². The number of benzene rings is 2. The first-order chi connectivity index (χ1) is 15.5. The minimum Gasteiger partial charge on any atom is -0.355 e. The van der Waals surface area contributed by atoms with Gasteiger partial charge in [-0.3, -0.25) is 13.9 Å². The molecule has 9 heteroatoms. The zero-order chi connectivity index (χ0) is 24.8. The lowest BCUT2D eigenvalue weighted by Crippen LogP contribution is -2.51. The van der Waals surface area contributed by atoms with Crippen molar-refractivity contribution < 1.29 is 18.0 Å². The van der Waals surface area contributed by atoms with Crippen LogP contribution in [0.1, 0.15) is 44.7 Å². The standard InChI is InChI=1S/C24H32ClN3O4S/c1-6-26-24(30)18(4)27(15-20-9-7-8-10-22(20)25)23(29)16-28(33(5,31)32)21-13-11-19(12-14-21)17(2)3/h7-14,17-18H,6,15-16H2,1-5H3,(H,26,30)/t18-/m1/s1. The maximum atomic E-state index is 13.4. The van der Waals surface area contributed by atoms with E-state index in [1.54, 1.807) is 50.2 Å². The normalized spacial score (nSPS) is 12.3. The summed E-state index contributed by atoms with van der Waals surface area (Å²) >= 11 is 6.29. The highest BCUT2D eigenvalue weighted by atomic mass is 35.5. The Morgan fingerprint density at radius 1 is 1.03 bits per heavy atom. The van der Waals surface area contributed by atoms with Gasteiger partial charge >= 0.3 is 0 Å². The summed E-state index contributed by atoms with van der Waals surface area (Å²) in [6.07, 6.45) is 1.06. The molecule has 2 amide bonds. The molecule has 0 bridgehead atoms. The third kappa shape index (κ3) is 7.20. The number of sulfonamides is 1. The molecule has 0 aromatic heterocycles. The summed E-state index contributed by atoms with van der Waals surface area (Å²) in [5.41, 5.74) is 2.11. The van der Waals surface area contributed by atoms with Gasteiger partial charge in [-0.25, -0.2) is 8.42 Å². The van der Waals surface area contributed by atoms with Crippen molar-refractivity contribution in [3.8, 4) is 0 Å². The maximum Gasteiger partial charge on any atom is 0.244 e. The Bertz CT molecular complexity index is 1070. The molecule has 180 valence electrons. The van der Waals surface area contributed by atoms with Gasteiger partial charge in [0.25, 0.3) is 0 Å². The number of amides is 2. The van der Waals surface area contributed by atoms with Gasteiger partial charge in [0.1, 0.15) is 12.6 Å². The molecule has 7 nitrogen and oxygen atoms in total. The Kier molecular flexibility index (Phi) is 9.31. The lowest BCUT2D eigenvalue weighted by Gasteiger charge is -2.31. The molecule has 33 heavy (non-hydrogen) atoms. The third-order valence-corrected chi connectivity index (χ3v) is 6.85. The second-order valence-corrected chi connectivity index (χ2v) is 10.5. The Morgan fingerprint density at radius 3 is 2.15 bits per heavy atom. The van der Waals surface area contributed by atoms with E-state index >= 15 is 0 Å². The highest BCUT2D eigenvalue weighted by molar-refractivity contribution is 7.92. The lowest BCUT2D eigenvalue weighted by atomic mass is 10.0. The van der Waals surface area contributed by atoms with Gasteiger partial charge in [-0.2, -0.15) is 0 Å². The predicted octanol–water partition coefficient (Wildman–Crippen LogP) is 3.78. The first kappa shape index (κ1) is 26.7. The fourth-order valence-corrected chi connectivity index (χ4v) is 4.40. The number of nitrogens with zero attached hydrogens (tertiary/aromatic N) is 2. The Hall–Kier alpha value is -2.58. The first-order valence-electron chi connectivity index (χ1n) is 10.8. The van der Waals surface area contributed by atoms with E-state index in [9.17, 15) is 18.0 Å². The molecule has 0 saturated carbocycles. The number of anilines is 1. The maximum absolute atomic E-state index is 13.4. The van der Waals surface area contributed by atoms with E-state index < -0.39 is 28.5 Å². The fourth-order valence-electron chi connectivity index (χ4n) is 3.35. The molecular weight excluding hydrogens is 462 g/mol. The van der Waals surface area contributed by atoms with Crippen LogP contribution in [0.5, 0.6) is 0 Å². The van der Waals surface area contributed by atoms with Crippen molar-refractivity contribution in [2.45, 2.75) is 46.2 Å². The number of rotatable bonds is 10. The smallest absolute Gasteiger partial charge is 0.244 e. The molecule has 0 aliphatic carbocycles. The largest absolute Gasteiger partial charge is 0.355 e. The zero-order valence-electron chi connectivity index (χ0n) is 19.7. The summed E-state index contributed by atoms with van der Waals surface area (Å²) in [4.78, 5) is 27.3. The van der Waals surface area contributed by atoms with Gasteiger partial charge in [0, 0.05) is 18.1 Å². The molecule has 0 fully saturated rings. The molecule has 0 aliphatic rings. The molecule has 0 radical (unpaired) electrons. The van der Waals surface area contributed by atoms with Gasteiger partial charge in [-0.15, -0.1) is 0 Å². The van der Waals surface area contributed by atoms with E-state index in [1.807, 2.05) is 26.0 Å². The van der Waals surface area contributed by atoms with Crippen LogP contribution in [0.3, 0.4) is 0 Å². The van der Waals surface area contributed by atoms with Gasteiger partial charge in [0.2, 0.25) is 21.8 Å². The summed E-state index contributed by atoms with van der Waals surface area (Å²) in [6, 6.07) is 13.3. The van der Waals surface area contributed by atoms with Crippen LogP contribution in [0.2, 0.25) is 5.02 Å². The quantitative estimate of drug-likeness (QED) is 0.545. The fraction of sp³-hybridized carbons (Fsp3) is 0.417. The number of hydrogen-bond donors (Lipinski definition) is 1. The Morgan fingerprint density at radius 2 is 1.64 bits per heavy atom. The van der Waals surface area contributed by atoms with Crippen LogP contribution in [0, 0.1) is 0 Å². The van der Waals surface area contributed by atoms with Crippen LogP contribution in [-0.4, -0.2) is 50.5 Å². The van der Waals surface area contributed by atoms with Crippen molar-refractivity contribution in [3.63, 3.8) is 0 Å². The molecular formula is C24H32ClN3O4S. The molecule has 0 saturated heterocycles. The van der Waals surface area contributed by atoms with E-state index in [0.717, 1.165) is 16.1 Å². The predicted molar refractivity (Wildman–Crippen MR) is 133 cm³/mol. The minimum atomic E-state index is -3.76. The number of likely N-dealkylation sites (N-methyl/N-ethyl adjacent to an activating group) is 1. The molecule has 0 aliphatic heterocycles. The van der Waals surface area contributed by atoms with Crippen LogP contribution in [0.4, 0.5) is 5.69 Å². The number of hydrogen-bond acceptors (Lipinski definition) is 4. The average molecular weight is 494 g/mol. The van der Waals surface area contributed by atoms with Crippen molar-refractivity contribution in [1.29, 1.82) is 0 Å². The van der Waals surface area contributed by atoms with E-state index in [2.05, 4.69) is 5.32 Å². The average Bonchev–Trinajstić information content (AvgIpc) is 2.75. The summed E-state index contributed by atoms with van der Waals surface area (Å²) in [5.74, 6) is -0.548. The molecule has 2 rings (SSSR count). The molecule has 1 N–H and O–H groups in total. The van der Waals surface area contributed by atoms with Gasteiger partial charge in [-0.05, 0) is 49.1 Å². The van der Waals surface area contributed by atoms with Crippen LogP contribution in [0.25, 0.3) is 0 Å². The van der Waals surface area contributed by atoms with E-state index in [-0.39, 0.29) is 18.4 Å². The highest BCUT2D eigenvalue weighted by Crippen LogP contribution is 2.23. The summed E-state index contributed by atoms with van der Waals surface area (Å²) in [6.45, 7) is 7.53. The molecule has 0 spiro atoms. The zero-order valence-corrected chi connectivity index (χ0v) is 21.3. The van der Waals surface area contributed by atoms with Crippen molar-refractivity contribution in [2.24, 2.45) is 0 Å². The second kappa shape index (κ2) is 11.5. The van der Waals surface area contributed by atoms with Crippen molar-refractivity contribution in [1.82, 2.24) is 10.2 Å². The number of carbonyl (C=O) groups is 2. The third-order valence-electron chi connectivity index (χ3n) is 5.34. The Labute approximate surface area is 201 Å². The summed E-state index contributed by atoms with van der Waals surface area (Å²) in [7, 11) is -3.76. The Balaban J connectivity index is 2.39. The van der Waals surface area contributed by atoms with Crippen LogP contribution < -0.4 is 9.62 Å². The number of nitrogens with one attached hydrogen (secondary N) is 1. The summed E-state index contributed by atoms with van der Waals surface area (Å²) in [5, 5.41) is 3.18. The van der Waals surface area contributed by atoms with Gasteiger partial charge in [0.05, 0.1) is 11.9 Å². The van der Waals surface area contributed by atoms with Gasteiger partial charge < -0.3 is 10.2 Å². The van der Waals surface area contributed by atoms with Crippen molar-refractivity contribution in [3.05, 3.63) is 64.7 Å². The van der Waals surface area contributed by atoms with Crippen LogP contribution in [0.15, 0.2) is 48.5 Å². The topological polar surface area (TPSA) is 86.8 Å². The molecule has 1 atom stereocenters. The van der Waals surface area contributed by atoms with Crippen molar-refractivity contribution >= 4 is 39.1 Å².